The molecule has 0 bridgehead atoms. The first kappa shape index (κ1) is 12.9. The molecule has 1 aromatic carbocycles. The van der Waals surface area contributed by atoms with Gasteiger partial charge in [0, 0.05) is 5.56 Å². The molecule has 2 aromatic heterocycles. The fourth-order valence-electron chi connectivity index (χ4n) is 1.72. The van der Waals surface area contributed by atoms with Gasteiger partial charge in [0.2, 0.25) is 5.82 Å². The Morgan fingerprint density at radius 1 is 1.14 bits per heavy atom. The maximum absolute atomic E-state index is 13.2. The second-order valence-electron chi connectivity index (χ2n) is 4.07. The van der Waals surface area contributed by atoms with Crippen LogP contribution in [0.2, 0.25) is 0 Å². The van der Waals surface area contributed by atoms with Crippen molar-refractivity contribution in [2.45, 2.75) is 0 Å². The molecule has 0 spiro atoms. The molecule has 104 valence electrons. The Bertz CT molecular complexity index is 839. The third-order valence-electron chi connectivity index (χ3n) is 2.70. The van der Waals surface area contributed by atoms with Crippen LogP contribution in [0.3, 0.4) is 0 Å². The molecule has 0 aliphatic carbocycles. The van der Waals surface area contributed by atoms with Crippen LogP contribution < -0.4 is 0 Å². The van der Waals surface area contributed by atoms with Gasteiger partial charge < -0.3 is 9.51 Å². The molecule has 0 radical (unpaired) electrons. The number of halogens is 3. The smallest absolute Gasteiger partial charge is 0.274 e. The Morgan fingerprint density at radius 3 is 2.48 bits per heavy atom. The normalized spacial score (nSPS) is 10.6. The minimum Gasteiger partial charge on any atom is -0.342 e. The van der Waals surface area contributed by atoms with Gasteiger partial charge in [-0.1, -0.05) is 5.16 Å². The molecule has 0 fully saturated rings. The Balaban J connectivity index is 2.00. The van der Waals surface area contributed by atoms with Crippen LogP contribution in [0.4, 0.5) is 13.2 Å². The number of aromatic amines is 1. The Hall–Kier alpha value is -3.08. The van der Waals surface area contributed by atoms with Crippen LogP contribution in [0, 0.1) is 28.8 Å². The highest BCUT2D eigenvalue weighted by atomic mass is 19.2. The van der Waals surface area contributed by atoms with Crippen molar-refractivity contribution in [3.8, 4) is 29.0 Å². The van der Waals surface area contributed by atoms with E-state index in [2.05, 4.69) is 15.1 Å². The van der Waals surface area contributed by atoms with Crippen LogP contribution in [0.5, 0.6) is 0 Å². The highest BCUT2D eigenvalue weighted by Crippen LogP contribution is 2.24. The van der Waals surface area contributed by atoms with Crippen LogP contribution in [0.25, 0.3) is 23.0 Å². The summed E-state index contributed by atoms with van der Waals surface area (Å²) in [7, 11) is 0. The lowest BCUT2D eigenvalue weighted by molar-refractivity contribution is 0.430. The summed E-state index contributed by atoms with van der Waals surface area (Å²) in [6.45, 7) is 0. The van der Waals surface area contributed by atoms with Gasteiger partial charge in [0.1, 0.15) is 17.5 Å². The number of nitrogens with zero attached hydrogens (tertiary/aromatic N) is 3. The van der Waals surface area contributed by atoms with E-state index in [4.69, 9.17) is 9.78 Å². The zero-order chi connectivity index (χ0) is 15.0. The average molecular weight is 290 g/mol. The van der Waals surface area contributed by atoms with Crippen LogP contribution in [0.15, 0.2) is 28.8 Å². The monoisotopic (exact) mass is 290 g/mol. The summed E-state index contributed by atoms with van der Waals surface area (Å²) in [5.41, 5.74) is 0.616. The van der Waals surface area contributed by atoms with E-state index in [0.717, 1.165) is 12.1 Å². The van der Waals surface area contributed by atoms with E-state index >= 15 is 0 Å². The van der Waals surface area contributed by atoms with Gasteiger partial charge in [-0.15, -0.1) is 0 Å². The van der Waals surface area contributed by atoms with E-state index in [1.165, 1.54) is 6.07 Å². The van der Waals surface area contributed by atoms with Crippen molar-refractivity contribution >= 4 is 0 Å². The number of H-pyrrole nitrogens is 1. The van der Waals surface area contributed by atoms with Crippen molar-refractivity contribution in [2.75, 3.05) is 0 Å². The van der Waals surface area contributed by atoms with Crippen molar-refractivity contribution in [3.63, 3.8) is 0 Å². The van der Waals surface area contributed by atoms with Crippen LogP contribution in [-0.2, 0) is 0 Å². The number of hydrogen-bond acceptors (Lipinski definition) is 4. The van der Waals surface area contributed by atoms with E-state index in [9.17, 15) is 13.2 Å². The first-order valence-corrected chi connectivity index (χ1v) is 5.66. The van der Waals surface area contributed by atoms with Gasteiger partial charge in [0.25, 0.3) is 5.89 Å². The summed E-state index contributed by atoms with van der Waals surface area (Å²) in [6.07, 6.45) is 0. The van der Waals surface area contributed by atoms with E-state index in [1.807, 2.05) is 6.07 Å². The zero-order valence-corrected chi connectivity index (χ0v) is 10.2. The Labute approximate surface area is 115 Å². The molecule has 0 unspecified atom stereocenters. The fourth-order valence-corrected chi connectivity index (χ4v) is 1.72. The summed E-state index contributed by atoms with van der Waals surface area (Å²) in [6, 6.07) is 6.48. The molecular formula is C13H5F3N4O. The van der Waals surface area contributed by atoms with Gasteiger partial charge in [0.05, 0.1) is 0 Å². The third kappa shape index (κ3) is 2.25. The number of benzene rings is 1. The first-order valence-electron chi connectivity index (χ1n) is 5.66. The predicted octanol–water partition coefficient (Wildman–Crippen LogP) is 3.02. The number of aromatic nitrogens is 3. The van der Waals surface area contributed by atoms with E-state index in [1.54, 1.807) is 6.07 Å². The SMILES string of the molecule is N#Cc1ccc(-c2nc(-c3cc(F)c(F)c(F)c3)no2)[nH]1. The molecule has 3 rings (SSSR count). The summed E-state index contributed by atoms with van der Waals surface area (Å²) < 4.78 is 44.1. The molecule has 0 saturated carbocycles. The molecule has 0 amide bonds. The largest absolute Gasteiger partial charge is 0.342 e. The standard InChI is InChI=1S/C13H5F3N4O/c14-8-3-6(4-9(15)11(8)16)12-19-13(21-20-12)10-2-1-7(5-17)18-10/h1-4,18H. The van der Waals surface area contributed by atoms with Crippen molar-refractivity contribution in [1.29, 1.82) is 5.26 Å². The summed E-state index contributed by atoms with van der Waals surface area (Å²) in [5, 5.41) is 12.3. The van der Waals surface area contributed by atoms with Gasteiger partial charge in [-0.3, -0.25) is 0 Å². The lowest BCUT2D eigenvalue weighted by atomic mass is 10.2. The highest BCUT2D eigenvalue weighted by Gasteiger charge is 2.16. The molecule has 1 N–H and O–H groups in total. The molecule has 8 heteroatoms. The molecule has 0 aliphatic rings. The van der Waals surface area contributed by atoms with E-state index < -0.39 is 17.5 Å². The van der Waals surface area contributed by atoms with Crippen molar-refractivity contribution in [2.24, 2.45) is 0 Å². The molecule has 3 aromatic rings. The van der Waals surface area contributed by atoms with Gasteiger partial charge in [-0.05, 0) is 24.3 Å². The average Bonchev–Trinajstić information content (AvgIpc) is 3.12. The molecule has 21 heavy (non-hydrogen) atoms. The predicted molar refractivity (Wildman–Crippen MR) is 64.1 cm³/mol. The molecule has 0 atom stereocenters. The minimum atomic E-state index is -1.56. The van der Waals surface area contributed by atoms with E-state index in [0.29, 0.717) is 11.4 Å². The number of hydrogen-bond donors (Lipinski definition) is 1. The lowest BCUT2D eigenvalue weighted by Gasteiger charge is -1.97. The first-order chi connectivity index (χ1) is 10.1. The molecule has 0 saturated heterocycles. The Morgan fingerprint density at radius 2 is 1.86 bits per heavy atom. The number of nitriles is 1. The summed E-state index contributed by atoms with van der Waals surface area (Å²) in [4.78, 5) is 6.65. The van der Waals surface area contributed by atoms with Crippen LogP contribution in [-0.4, -0.2) is 15.1 Å². The molecule has 5 nitrogen and oxygen atoms in total. The fraction of sp³-hybridized carbons (Fsp3) is 0. The topological polar surface area (TPSA) is 78.5 Å². The Kier molecular flexibility index (Phi) is 2.95. The number of nitrogens with one attached hydrogen (secondary N) is 1. The van der Waals surface area contributed by atoms with Gasteiger partial charge in [-0.25, -0.2) is 13.2 Å². The zero-order valence-electron chi connectivity index (χ0n) is 10.2. The van der Waals surface area contributed by atoms with Crippen LogP contribution >= 0.6 is 0 Å². The second kappa shape index (κ2) is 4.79. The summed E-state index contributed by atoms with van der Waals surface area (Å²) in [5.74, 6) is -4.32. The quantitative estimate of drug-likeness (QED) is 0.736. The van der Waals surface area contributed by atoms with E-state index in [-0.39, 0.29) is 17.3 Å². The summed E-state index contributed by atoms with van der Waals surface area (Å²) >= 11 is 0. The van der Waals surface area contributed by atoms with Gasteiger partial charge in [-0.2, -0.15) is 10.2 Å². The van der Waals surface area contributed by atoms with Gasteiger partial charge in [0.15, 0.2) is 17.5 Å². The lowest BCUT2D eigenvalue weighted by Crippen LogP contribution is -1.92. The molecular weight excluding hydrogens is 285 g/mol. The maximum atomic E-state index is 13.2. The highest BCUT2D eigenvalue weighted by molar-refractivity contribution is 5.58. The van der Waals surface area contributed by atoms with Crippen molar-refractivity contribution in [3.05, 3.63) is 47.4 Å². The molecule has 0 aliphatic heterocycles. The minimum absolute atomic E-state index is 0.0386. The third-order valence-corrected chi connectivity index (χ3v) is 2.70. The van der Waals surface area contributed by atoms with Gasteiger partial charge >= 0.3 is 0 Å². The molecule has 2 heterocycles. The van der Waals surface area contributed by atoms with Crippen LogP contribution in [0.1, 0.15) is 5.69 Å². The number of rotatable bonds is 2. The maximum Gasteiger partial charge on any atom is 0.274 e. The van der Waals surface area contributed by atoms with Crippen molar-refractivity contribution < 1.29 is 17.7 Å². The second-order valence-corrected chi connectivity index (χ2v) is 4.07. The van der Waals surface area contributed by atoms with Crippen molar-refractivity contribution in [1.82, 2.24) is 15.1 Å².